The molecule has 0 aliphatic carbocycles. The fourth-order valence-electron chi connectivity index (χ4n) is 1.54. The van der Waals surface area contributed by atoms with Crippen LogP contribution in [0.25, 0.3) is 0 Å². The molecule has 0 aromatic heterocycles. The van der Waals surface area contributed by atoms with Gasteiger partial charge in [-0.3, -0.25) is 9.59 Å². The Bertz CT molecular complexity index is 453. The monoisotopic (exact) mass is 252 g/mol. The number of benzene rings is 1. The van der Waals surface area contributed by atoms with Crippen molar-refractivity contribution in [2.24, 2.45) is 0 Å². The second-order valence-corrected chi connectivity index (χ2v) is 3.89. The number of phenols is 1. The summed E-state index contributed by atoms with van der Waals surface area (Å²) in [5, 5.41) is 9.50. The zero-order valence-electron chi connectivity index (χ0n) is 10.6. The molecule has 1 N–H and O–H groups in total. The first-order chi connectivity index (χ1) is 8.43. The maximum Gasteiger partial charge on any atom is 0.304 e. The minimum Gasteiger partial charge on any atom is -0.507 e. The Kier molecular flexibility index (Phi) is 4.85. The molecular formula is C13H16O5. The minimum atomic E-state index is -0.702. The summed E-state index contributed by atoms with van der Waals surface area (Å²) in [4.78, 5) is 22.1. The molecular weight excluding hydrogens is 236 g/mol. The number of hydrogen-bond acceptors (Lipinski definition) is 5. The number of esters is 1. The summed E-state index contributed by atoms with van der Waals surface area (Å²) in [6, 6.07) is 4.65. The Morgan fingerprint density at radius 1 is 1.33 bits per heavy atom. The molecule has 98 valence electrons. The molecule has 0 saturated carbocycles. The maximum atomic E-state index is 11.3. The molecule has 0 aliphatic rings. The van der Waals surface area contributed by atoms with Crippen molar-refractivity contribution in [3.63, 3.8) is 0 Å². The van der Waals surface area contributed by atoms with Crippen molar-refractivity contribution >= 4 is 11.8 Å². The molecule has 0 amide bonds. The van der Waals surface area contributed by atoms with Crippen molar-refractivity contribution in [3.05, 3.63) is 29.3 Å². The lowest BCUT2D eigenvalue weighted by atomic mass is 10.0. The van der Waals surface area contributed by atoms with Gasteiger partial charge in [0.2, 0.25) is 6.29 Å². The molecule has 0 saturated heterocycles. The van der Waals surface area contributed by atoms with Gasteiger partial charge in [-0.15, -0.1) is 0 Å². The summed E-state index contributed by atoms with van der Waals surface area (Å²) in [5.41, 5.74) is 0.983. The van der Waals surface area contributed by atoms with E-state index >= 15 is 0 Å². The molecule has 1 aromatic carbocycles. The maximum absolute atomic E-state index is 11.3. The number of rotatable bonds is 5. The third-order valence-electron chi connectivity index (χ3n) is 2.40. The van der Waals surface area contributed by atoms with Crippen molar-refractivity contribution in [2.45, 2.75) is 26.6 Å². The highest BCUT2D eigenvalue weighted by Crippen LogP contribution is 2.20. The normalized spacial score (nSPS) is 11.9. The van der Waals surface area contributed by atoms with E-state index in [1.165, 1.54) is 27.0 Å². The largest absolute Gasteiger partial charge is 0.507 e. The Morgan fingerprint density at radius 3 is 2.50 bits per heavy atom. The lowest BCUT2D eigenvalue weighted by molar-refractivity contribution is -0.170. The van der Waals surface area contributed by atoms with Crippen LogP contribution in [-0.4, -0.2) is 30.3 Å². The summed E-state index contributed by atoms with van der Waals surface area (Å²) >= 11 is 0. The van der Waals surface area contributed by atoms with Crippen LogP contribution in [0.3, 0.4) is 0 Å². The first kappa shape index (κ1) is 14.2. The van der Waals surface area contributed by atoms with E-state index in [-0.39, 0.29) is 17.1 Å². The zero-order valence-corrected chi connectivity index (χ0v) is 10.6. The van der Waals surface area contributed by atoms with E-state index in [4.69, 9.17) is 9.47 Å². The van der Waals surface area contributed by atoms with E-state index < -0.39 is 12.3 Å². The van der Waals surface area contributed by atoms with Crippen LogP contribution in [0.1, 0.15) is 29.8 Å². The van der Waals surface area contributed by atoms with Gasteiger partial charge in [-0.1, -0.05) is 6.07 Å². The third kappa shape index (κ3) is 3.85. The van der Waals surface area contributed by atoms with Gasteiger partial charge in [-0.05, 0) is 24.6 Å². The average molecular weight is 252 g/mol. The molecule has 0 fully saturated rings. The molecule has 0 aliphatic heterocycles. The van der Waals surface area contributed by atoms with E-state index in [1.807, 2.05) is 0 Å². The zero-order chi connectivity index (χ0) is 13.7. The van der Waals surface area contributed by atoms with Gasteiger partial charge in [0, 0.05) is 20.5 Å². The van der Waals surface area contributed by atoms with Crippen LogP contribution in [0.15, 0.2) is 18.2 Å². The Labute approximate surface area is 105 Å². The van der Waals surface area contributed by atoms with Gasteiger partial charge in [0.25, 0.3) is 0 Å². The predicted molar refractivity (Wildman–Crippen MR) is 64.4 cm³/mol. The van der Waals surface area contributed by atoms with Crippen molar-refractivity contribution in [1.82, 2.24) is 0 Å². The van der Waals surface area contributed by atoms with Crippen LogP contribution in [0.2, 0.25) is 0 Å². The van der Waals surface area contributed by atoms with Gasteiger partial charge >= 0.3 is 5.97 Å². The summed E-state index contributed by atoms with van der Waals surface area (Å²) in [7, 11) is 1.43. The number of ketones is 1. The van der Waals surface area contributed by atoms with Gasteiger partial charge in [-0.2, -0.15) is 0 Å². The topological polar surface area (TPSA) is 72.8 Å². The molecule has 0 radical (unpaired) electrons. The molecule has 1 aromatic rings. The quantitative estimate of drug-likeness (QED) is 0.490. The summed E-state index contributed by atoms with van der Waals surface area (Å²) in [5.74, 6) is -0.726. The first-order valence-corrected chi connectivity index (χ1v) is 5.47. The molecule has 0 spiro atoms. The van der Waals surface area contributed by atoms with E-state index in [2.05, 4.69) is 0 Å². The van der Waals surface area contributed by atoms with Crippen molar-refractivity contribution < 1.29 is 24.2 Å². The Balaban J connectivity index is 2.87. The van der Waals surface area contributed by atoms with E-state index in [1.54, 1.807) is 12.1 Å². The number of aromatic hydroxyl groups is 1. The van der Waals surface area contributed by atoms with Crippen LogP contribution in [-0.2, 0) is 20.7 Å². The molecule has 0 heterocycles. The second kappa shape index (κ2) is 6.16. The predicted octanol–water partition coefficient (Wildman–Crippen LogP) is 1.67. The molecule has 1 atom stereocenters. The fraction of sp³-hybridized carbons (Fsp3) is 0.385. The minimum absolute atomic E-state index is 0.0623. The molecule has 0 bridgehead atoms. The van der Waals surface area contributed by atoms with E-state index in [0.29, 0.717) is 6.42 Å². The molecule has 5 nitrogen and oxygen atoms in total. The van der Waals surface area contributed by atoms with Gasteiger partial charge in [0.15, 0.2) is 5.78 Å². The Morgan fingerprint density at radius 2 is 2.00 bits per heavy atom. The van der Waals surface area contributed by atoms with Gasteiger partial charge in [0.1, 0.15) is 5.75 Å². The van der Waals surface area contributed by atoms with Crippen molar-refractivity contribution in [1.29, 1.82) is 0 Å². The number of phenolic OH excluding ortho intramolecular Hbond substituents is 1. The van der Waals surface area contributed by atoms with Crippen molar-refractivity contribution in [2.75, 3.05) is 7.11 Å². The molecule has 1 rings (SSSR count). The highest BCUT2D eigenvalue weighted by atomic mass is 16.7. The highest BCUT2D eigenvalue weighted by Gasteiger charge is 2.14. The summed E-state index contributed by atoms with van der Waals surface area (Å²) < 4.78 is 9.93. The number of carbonyl (C=O) groups is 2. The van der Waals surface area contributed by atoms with E-state index in [9.17, 15) is 14.7 Å². The first-order valence-electron chi connectivity index (χ1n) is 5.47. The molecule has 1 unspecified atom stereocenters. The average Bonchev–Trinajstić information content (AvgIpc) is 2.29. The lowest BCUT2D eigenvalue weighted by Crippen LogP contribution is -2.21. The molecule has 18 heavy (non-hydrogen) atoms. The van der Waals surface area contributed by atoms with Crippen LogP contribution in [0.4, 0.5) is 0 Å². The number of carbonyl (C=O) groups excluding carboxylic acids is 2. The fourth-order valence-corrected chi connectivity index (χ4v) is 1.54. The van der Waals surface area contributed by atoms with Gasteiger partial charge < -0.3 is 14.6 Å². The number of Topliss-reactive ketones (excluding diaryl/α,β-unsaturated/α-hetero) is 1. The van der Waals surface area contributed by atoms with Crippen LogP contribution >= 0.6 is 0 Å². The summed E-state index contributed by atoms with van der Waals surface area (Å²) in [6.45, 7) is 2.67. The van der Waals surface area contributed by atoms with Crippen molar-refractivity contribution in [3.8, 4) is 5.75 Å². The number of hydrogen-bond donors (Lipinski definition) is 1. The van der Waals surface area contributed by atoms with E-state index in [0.717, 1.165) is 5.56 Å². The van der Waals surface area contributed by atoms with Crippen LogP contribution in [0, 0.1) is 0 Å². The SMILES string of the molecule is COC(Cc1ccc(O)c(C(C)=O)c1)OC(C)=O. The molecule has 5 heteroatoms. The van der Waals surface area contributed by atoms with Crippen LogP contribution < -0.4 is 0 Å². The van der Waals surface area contributed by atoms with Crippen LogP contribution in [0.5, 0.6) is 5.75 Å². The number of methoxy groups -OCH3 is 1. The standard InChI is InChI=1S/C13H16O5/c1-8(14)11-6-10(4-5-12(11)16)7-13(17-3)18-9(2)15/h4-6,13,16H,7H2,1-3H3. The number of ether oxygens (including phenoxy) is 2. The lowest BCUT2D eigenvalue weighted by Gasteiger charge is -2.15. The highest BCUT2D eigenvalue weighted by molar-refractivity contribution is 5.96. The smallest absolute Gasteiger partial charge is 0.304 e. The third-order valence-corrected chi connectivity index (χ3v) is 2.40. The summed E-state index contributed by atoms with van der Waals surface area (Å²) in [6.07, 6.45) is -0.386. The second-order valence-electron chi connectivity index (χ2n) is 3.89. The van der Waals surface area contributed by atoms with Gasteiger partial charge in [-0.25, -0.2) is 0 Å². The van der Waals surface area contributed by atoms with Gasteiger partial charge in [0.05, 0.1) is 5.56 Å². The Hall–Kier alpha value is -1.88.